The Labute approximate surface area is 120 Å². The fourth-order valence-corrected chi connectivity index (χ4v) is 3.29. The summed E-state index contributed by atoms with van der Waals surface area (Å²) in [5.41, 5.74) is 1.64. The third kappa shape index (κ3) is 3.37. The first-order valence-electron chi connectivity index (χ1n) is 6.69. The molecule has 1 aliphatic heterocycles. The summed E-state index contributed by atoms with van der Waals surface area (Å²) in [4.78, 5) is 14.2. The Morgan fingerprint density at radius 1 is 1.10 bits per heavy atom. The molecule has 0 radical (unpaired) electrons. The zero-order chi connectivity index (χ0) is 14.8. The highest BCUT2D eigenvalue weighted by atomic mass is 32.2. The third-order valence-electron chi connectivity index (χ3n) is 3.59. The van der Waals surface area contributed by atoms with Crippen molar-refractivity contribution in [2.45, 2.75) is 13.3 Å². The van der Waals surface area contributed by atoms with Crippen molar-refractivity contribution in [3.8, 4) is 0 Å². The summed E-state index contributed by atoms with van der Waals surface area (Å²) in [5.74, 6) is -0.0153. The highest BCUT2D eigenvalue weighted by Crippen LogP contribution is 2.13. The van der Waals surface area contributed by atoms with E-state index in [0.717, 1.165) is 5.56 Å². The van der Waals surface area contributed by atoms with Crippen LogP contribution in [0.15, 0.2) is 24.3 Å². The molecule has 0 aromatic heterocycles. The first-order valence-corrected chi connectivity index (χ1v) is 8.54. The van der Waals surface area contributed by atoms with Gasteiger partial charge in [-0.1, -0.05) is 18.2 Å². The van der Waals surface area contributed by atoms with Gasteiger partial charge in [-0.15, -0.1) is 0 Å². The fourth-order valence-electron chi connectivity index (χ4n) is 2.41. The van der Waals surface area contributed by atoms with E-state index in [1.54, 1.807) is 4.90 Å². The zero-order valence-corrected chi connectivity index (χ0v) is 12.7. The van der Waals surface area contributed by atoms with Crippen molar-refractivity contribution in [1.82, 2.24) is 9.21 Å². The summed E-state index contributed by atoms with van der Waals surface area (Å²) in [6, 6.07) is 7.48. The Morgan fingerprint density at radius 2 is 1.80 bits per heavy atom. The molecule has 1 aliphatic rings. The molecule has 0 spiro atoms. The van der Waals surface area contributed by atoms with Gasteiger partial charge in [0.05, 0.1) is 6.26 Å². The number of aryl methyl sites for hydroxylation is 1. The molecule has 0 atom stereocenters. The van der Waals surface area contributed by atoms with E-state index in [0.29, 0.717) is 38.2 Å². The number of sulfonamides is 1. The van der Waals surface area contributed by atoms with Gasteiger partial charge in [-0.25, -0.2) is 12.7 Å². The highest BCUT2D eigenvalue weighted by molar-refractivity contribution is 7.88. The van der Waals surface area contributed by atoms with Crippen LogP contribution < -0.4 is 0 Å². The lowest BCUT2D eigenvalue weighted by Crippen LogP contribution is -2.37. The van der Waals surface area contributed by atoms with Crippen LogP contribution in [-0.2, 0) is 10.0 Å². The standard InChI is InChI=1S/C14H20N2O3S/c1-12-6-3-4-7-13(12)14(17)15-8-5-9-16(11-10-15)20(2,18)19/h3-4,6-7H,5,8-11H2,1-2H3. The number of amides is 1. The fraction of sp³-hybridized carbons (Fsp3) is 0.500. The highest BCUT2D eigenvalue weighted by Gasteiger charge is 2.24. The number of nitrogens with zero attached hydrogens (tertiary/aromatic N) is 2. The van der Waals surface area contributed by atoms with Crippen molar-refractivity contribution < 1.29 is 13.2 Å². The maximum Gasteiger partial charge on any atom is 0.254 e. The number of carbonyl (C=O) groups is 1. The maximum atomic E-state index is 12.5. The van der Waals surface area contributed by atoms with E-state index >= 15 is 0 Å². The van der Waals surface area contributed by atoms with E-state index in [9.17, 15) is 13.2 Å². The van der Waals surface area contributed by atoms with Gasteiger partial charge in [0.25, 0.3) is 5.91 Å². The lowest BCUT2D eigenvalue weighted by atomic mass is 10.1. The molecule has 1 fully saturated rings. The molecular weight excluding hydrogens is 276 g/mol. The lowest BCUT2D eigenvalue weighted by molar-refractivity contribution is 0.0763. The van der Waals surface area contributed by atoms with Crippen molar-refractivity contribution in [3.05, 3.63) is 35.4 Å². The van der Waals surface area contributed by atoms with Gasteiger partial charge in [0, 0.05) is 31.7 Å². The van der Waals surface area contributed by atoms with Gasteiger partial charge < -0.3 is 4.90 Å². The second kappa shape index (κ2) is 5.93. The van der Waals surface area contributed by atoms with E-state index in [2.05, 4.69) is 0 Å². The second-order valence-corrected chi connectivity index (χ2v) is 7.11. The normalized spacial score (nSPS) is 17.8. The van der Waals surface area contributed by atoms with Crippen molar-refractivity contribution in [2.75, 3.05) is 32.4 Å². The molecule has 1 aromatic carbocycles. The summed E-state index contributed by atoms with van der Waals surface area (Å²) >= 11 is 0. The predicted molar refractivity (Wildman–Crippen MR) is 78.1 cm³/mol. The predicted octanol–water partition coefficient (Wildman–Crippen LogP) is 1.10. The Bertz CT molecular complexity index is 598. The molecule has 5 nitrogen and oxygen atoms in total. The quantitative estimate of drug-likeness (QED) is 0.821. The molecule has 1 heterocycles. The third-order valence-corrected chi connectivity index (χ3v) is 4.89. The lowest BCUT2D eigenvalue weighted by Gasteiger charge is -2.21. The van der Waals surface area contributed by atoms with Crippen LogP contribution in [-0.4, -0.2) is 56.0 Å². The summed E-state index contributed by atoms with van der Waals surface area (Å²) in [6.07, 6.45) is 1.89. The average Bonchev–Trinajstić information content (AvgIpc) is 2.63. The monoisotopic (exact) mass is 296 g/mol. The molecule has 0 saturated carbocycles. The summed E-state index contributed by atoms with van der Waals surface area (Å²) in [6.45, 7) is 3.81. The minimum Gasteiger partial charge on any atom is -0.337 e. The molecule has 2 rings (SSSR count). The van der Waals surface area contributed by atoms with Crippen LogP contribution in [0.3, 0.4) is 0 Å². The van der Waals surface area contributed by atoms with Crippen LogP contribution in [0.4, 0.5) is 0 Å². The SMILES string of the molecule is Cc1ccccc1C(=O)N1CCCN(S(C)(=O)=O)CC1. The van der Waals surface area contributed by atoms with Crippen LogP contribution in [0.5, 0.6) is 0 Å². The van der Waals surface area contributed by atoms with Crippen LogP contribution >= 0.6 is 0 Å². The van der Waals surface area contributed by atoms with Gasteiger partial charge in [-0.3, -0.25) is 4.79 Å². The zero-order valence-electron chi connectivity index (χ0n) is 11.9. The van der Waals surface area contributed by atoms with Gasteiger partial charge in [-0.05, 0) is 25.0 Å². The molecule has 1 aromatic rings. The molecular formula is C14H20N2O3S. The largest absolute Gasteiger partial charge is 0.337 e. The van der Waals surface area contributed by atoms with E-state index in [1.165, 1.54) is 10.6 Å². The van der Waals surface area contributed by atoms with Gasteiger partial charge in [-0.2, -0.15) is 0 Å². The van der Waals surface area contributed by atoms with Gasteiger partial charge in [0.2, 0.25) is 10.0 Å². The molecule has 0 aliphatic carbocycles. The number of hydrogen-bond acceptors (Lipinski definition) is 3. The van der Waals surface area contributed by atoms with Crippen LogP contribution in [0, 0.1) is 6.92 Å². The number of benzene rings is 1. The van der Waals surface area contributed by atoms with Crippen molar-refractivity contribution in [3.63, 3.8) is 0 Å². The number of rotatable bonds is 2. The van der Waals surface area contributed by atoms with Crippen LogP contribution in [0.1, 0.15) is 22.3 Å². The molecule has 20 heavy (non-hydrogen) atoms. The molecule has 1 saturated heterocycles. The van der Waals surface area contributed by atoms with Crippen molar-refractivity contribution >= 4 is 15.9 Å². The minimum absolute atomic E-state index is 0.0153. The number of carbonyl (C=O) groups excluding carboxylic acids is 1. The number of hydrogen-bond donors (Lipinski definition) is 0. The first-order chi connectivity index (χ1) is 9.39. The first kappa shape index (κ1) is 15.0. The van der Waals surface area contributed by atoms with Gasteiger partial charge in [0.1, 0.15) is 0 Å². The smallest absolute Gasteiger partial charge is 0.254 e. The Balaban J connectivity index is 2.11. The molecule has 0 unspecified atom stereocenters. The van der Waals surface area contributed by atoms with Crippen molar-refractivity contribution in [1.29, 1.82) is 0 Å². The molecule has 110 valence electrons. The van der Waals surface area contributed by atoms with E-state index in [-0.39, 0.29) is 5.91 Å². The summed E-state index contributed by atoms with van der Waals surface area (Å²) in [7, 11) is -3.18. The van der Waals surface area contributed by atoms with Crippen molar-refractivity contribution in [2.24, 2.45) is 0 Å². The molecule has 0 N–H and O–H groups in total. The summed E-state index contributed by atoms with van der Waals surface area (Å²) < 4.78 is 24.6. The topological polar surface area (TPSA) is 57.7 Å². The summed E-state index contributed by atoms with van der Waals surface area (Å²) in [5, 5.41) is 0. The molecule has 6 heteroatoms. The molecule has 0 bridgehead atoms. The Morgan fingerprint density at radius 3 is 2.45 bits per heavy atom. The average molecular weight is 296 g/mol. The van der Waals surface area contributed by atoms with Crippen LogP contribution in [0.2, 0.25) is 0 Å². The second-order valence-electron chi connectivity index (χ2n) is 5.12. The minimum atomic E-state index is -3.18. The van der Waals surface area contributed by atoms with Crippen LogP contribution in [0.25, 0.3) is 0 Å². The van der Waals surface area contributed by atoms with E-state index in [1.807, 2.05) is 31.2 Å². The van der Waals surface area contributed by atoms with E-state index < -0.39 is 10.0 Å². The Kier molecular flexibility index (Phi) is 4.45. The molecule has 1 amide bonds. The maximum absolute atomic E-state index is 12.5. The van der Waals surface area contributed by atoms with Gasteiger partial charge in [0.15, 0.2) is 0 Å². The van der Waals surface area contributed by atoms with Gasteiger partial charge >= 0.3 is 0 Å². The van der Waals surface area contributed by atoms with E-state index in [4.69, 9.17) is 0 Å². The Hall–Kier alpha value is -1.40.